The van der Waals surface area contributed by atoms with Crippen molar-refractivity contribution in [2.45, 2.75) is 24.4 Å². The first kappa shape index (κ1) is 16.4. The van der Waals surface area contributed by atoms with E-state index in [0.29, 0.717) is 19.8 Å². The van der Waals surface area contributed by atoms with E-state index >= 15 is 0 Å². The Hall–Kier alpha value is -1.50. The van der Waals surface area contributed by atoms with Gasteiger partial charge in [-0.1, -0.05) is 12.1 Å². The van der Waals surface area contributed by atoms with E-state index in [-0.39, 0.29) is 18.3 Å². The largest absolute Gasteiger partial charge is 0.390 e. The fraction of sp³-hybridized carbons (Fsp3) is 0.588. The lowest BCUT2D eigenvalue weighted by atomic mass is 9.95. The van der Waals surface area contributed by atoms with Crippen LogP contribution in [-0.2, 0) is 14.9 Å². The van der Waals surface area contributed by atoms with E-state index in [4.69, 9.17) is 4.74 Å². The minimum atomic E-state index is -0.611. The smallest absolute Gasteiger partial charge is 0.230 e. The maximum absolute atomic E-state index is 13.4. The Morgan fingerprint density at radius 2 is 2.13 bits per heavy atom. The number of nitrogens with one attached hydrogen (secondary N) is 1. The molecule has 1 heterocycles. The predicted octanol–water partition coefficient (Wildman–Crippen LogP) is 0.667. The van der Waals surface area contributed by atoms with Gasteiger partial charge in [-0.3, -0.25) is 9.69 Å². The molecule has 1 saturated heterocycles. The Bertz CT molecular complexity index is 557. The van der Waals surface area contributed by atoms with Gasteiger partial charge in [0.05, 0.1) is 24.7 Å². The number of hydrogen-bond donors (Lipinski definition) is 2. The number of benzene rings is 1. The lowest BCUT2D eigenvalue weighted by Gasteiger charge is -2.28. The van der Waals surface area contributed by atoms with E-state index in [1.165, 1.54) is 12.1 Å². The second-order valence-corrected chi connectivity index (χ2v) is 6.37. The topological polar surface area (TPSA) is 61.8 Å². The van der Waals surface area contributed by atoms with Crippen molar-refractivity contribution in [2.24, 2.45) is 0 Å². The van der Waals surface area contributed by atoms with E-state index in [1.807, 2.05) is 0 Å². The molecule has 5 nitrogen and oxygen atoms in total. The van der Waals surface area contributed by atoms with Gasteiger partial charge in [0.25, 0.3) is 0 Å². The number of aliphatic hydroxyl groups is 1. The van der Waals surface area contributed by atoms with E-state index in [2.05, 4.69) is 10.2 Å². The predicted molar refractivity (Wildman–Crippen MR) is 83.6 cm³/mol. The van der Waals surface area contributed by atoms with Crippen LogP contribution < -0.4 is 5.32 Å². The Labute approximate surface area is 135 Å². The molecule has 0 spiro atoms. The van der Waals surface area contributed by atoms with E-state index < -0.39 is 11.5 Å². The molecule has 1 aliphatic carbocycles. The summed E-state index contributed by atoms with van der Waals surface area (Å²) in [5.74, 6) is -0.446. The van der Waals surface area contributed by atoms with Gasteiger partial charge in [0, 0.05) is 26.2 Å². The number of carbonyl (C=O) groups excluding carboxylic acids is 1. The molecule has 1 unspecified atom stereocenters. The maximum atomic E-state index is 13.4. The Kier molecular flexibility index (Phi) is 4.94. The average Bonchev–Trinajstić information content (AvgIpc) is 3.35. The number of morpholine rings is 1. The third kappa shape index (κ3) is 3.88. The van der Waals surface area contributed by atoms with E-state index in [9.17, 15) is 14.3 Å². The zero-order valence-electron chi connectivity index (χ0n) is 13.1. The monoisotopic (exact) mass is 322 g/mol. The summed E-state index contributed by atoms with van der Waals surface area (Å²) >= 11 is 0. The molecule has 1 atom stereocenters. The lowest BCUT2D eigenvalue weighted by molar-refractivity contribution is -0.124. The number of hydrogen-bond acceptors (Lipinski definition) is 4. The molecular formula is C17H23FN2O3. The minimum Gasteiger partial charge on any atom is -0.390 e. The number of halogens is 1. The van der Waals surface area contributed by atoms with E-state index in [0.717, 1.165) is 31.5 Å². The third-order valence-electron chi connectivity index (χ3n) is 4.63. The van der Waals surface area contributed by atoms with Crippen LogP contribution in [-0.4, -0.2) is 61.4 Å². The van der Waals surface area contributed by atoms with Crippen LogP contribution in [0.3, 0.4) is 0 Å². The first-order chi connectivity index (χ1) is 11.1. The number of amides is 1. The molecule has 1 amide bonds. The van der Waals surface area contributed by atoms with Gasteiger partial charge in [-0.05, 0) is 30.5 Å². The lowest BCUT2D eigenvalue weighted by Crippen LogP contribution is -2.46. The molecule has 6 heteroatoms. The fourth-order valence-corrected chi connectivity index (χ4v) is 3.08. The van der Waals surface area contributed by atoms with Crippen molar-refractivity contribution in [3.8, 4) is 0 Å². The molecule has 3 rings (SSSR count). The molecule has 1 aromatic rings. The third-order valence-corrected chi connectivity index (χ3v) is 4.63. The minimum absolute atomic E-state index is 0.121. The molecule has 0 bridgehead atoms. The van der Waals surface area contributed by atoms with Gasteiger partial charge in [0.15, 0.2) is 0 Å². The fourth-order valence-electron chi connectivity index (χ4n) is 3.08. The molecule has 1 aromatic carbocycles. The zero-order chi connectivity index (χ0) is 16.3. The van der Waals surface area contributed by atoms with Gasteiger partial charge in [-0.25, -0.2) is 4.39 Å². The molecule has 126 valence electrons. The highest BCUT2D eigenvalue weighted by atomic mass is 19.1. The second kappa shape index (κ2) is 6.95. The quantitative estimate of drug-likeness (QED) is 0.808. The molecule has 2 fully saturated rings. The van der Waals surface area contributed by atoms with Crippen molar-refractivity contribution in [1.29, 1.82) is 0 Å². The molecule has 2 aliphatic rings. The number of aliphatic hydroxyl groups excluding tert-OH is 1. The normalized spacial score (nSPS) is 21.7. The van der Waals surface area contributed by atoms with Gasteiger partial charge in [-0.15, -0.1) is 0 Å². The molecule has 1 saturated carbocycles. The van der Waals surface area contributed by atoms with Crippen molar-refractivity contribution < 1.29 is 19.0 Å². The van der Waals surface area contributed by atoms with Crippen LogP contribution in [0.1, 0.15) is 18.4 Å². The van der Waals surface area contributed by atoms with Crippen molar-refractivity contribution in [2.75, 3.05) is 39.4 Å². The van der Waals surface area contributed by atoms with Crippen molar-refractivity contribution in [1.82, 2.24) is 10.2 Å². The van der Waals surface area contributed by atoms with Gasteiger partial charge in [0.2, 0.25) is 5.91 Å². The first-order valence-corrected chi connectivity index (χ1v) is 8.13. The van der Waals surface area contributed by atoms with Crippen LogP contribution in [0.15, 0.2) is 24.3 Å². The Balaban J connectivity index is 1.51. The molecular weight excluding hydrogens is 299 g/mol. The standard InChI is InChI=1S/C17H23FN2O3/c18-14-3-1-2-13(10-14)17(4-5-17)16(22)19-11-15(21)12-20-6-8-23-9-7-20/h1-3,10,15,21H,4-9,11-12H2,(H,19,22). The van der Waals surface area contributed by atoms with Crippen molar-refractivity contribution in [3.63, 3.8) is 0 Å². The highest BCUT2D eigenvalue weighted by Gasteiger charge is 2.51. The summed E-state index contributed by atoms with van der Waals surface area (Å²) in [6.45, 7) is 3.71. The first-order valence-electron chi connectivity index (χ1n) is 8.13. The number of β-amino-alcohol motifs (C(OH)–C–C–N with tert-alkyl or cyclic N) is 1. The van der Waals surface area contributed by atoms with Gasteiger partial charge in [-0.2, -0.15) is 0 Å². The van der Waals surface area contributed by atoms with Crippen LogP contribution in [0.5, 0.6) is 0 Å². The number of rotatable bonds is 6. The van der Waals surface area contributed by atoms with Crippen LogP contribution in [0.4, 0.5) is 4.39 Å². The maximum Gasteiger partial charge on any atom is 0.230 e. The van der Waals surface area contributed by atoms with Crippen LogP contribution in [0, 0.1) is 5.82 Å². The summed E-state index contributed by atoms with van der Waals surface area (Å²) in [4.78, 5) is 14.6. The molecule has 2 N–H and O–H groups in total. The number of nitrogens with zero attached hydrogens (tertiary/aromatic N) is 1. The van der Waals surface area contributed by atoms with E-state index in [1.54, 1.807) is 12.1 Å². The molecule has 23 heavy (non-hydrogen) atoms. The summed E-state index contributed by atoms with van der Waals surface area (Å²) in [7, 11) is 0. The van der Waals surface area contributed by atoms with Gasteiger partial charge < -0.3 is 15.2 Å². The zero-order valence-corrected chi connectivity index (χ0v) is 13.1. The summed E-state index contributed by atoms with van der Waals surface area (Å²) in [6, 6.07) is 6.23. The van der Waals surface area contributed by atoms with Crippen LogP contribution >= 0.6 is 0 Å². The van der Waals surface area contributed by atoms with Gasteiger partial charge >= 0.3 is 0 Å². The number of carbonyl (C=O) groups is 1. The highest BCUT2D eigenvalue weighted by molar-refractivity contribution is 5.91. The van der Waals surface area contributed by atoms with Gasteiger partial charge in [0.1, 0.15) is 5.82 Å². The summed E-state index contributed by atoms with van der Waals surface area (Å²) in [5.41, 5.74) is 0.110. The second-order valence-electron chi connectivity index (χ2n) is 6.37. The molecule has 1 aliphatic heterocycles. The summed E-state index contributed by atoms with van der Waals surface area (Å²) in [6.07, 6.45) is 0.837. The molecule has 0 radical (unpaired) electrons. The Morgan fingerprint density at radius 3 is 2.78 bits per heavy atom. The number of ether oxygens (including phenoxy) is 1. The molecule has 0 aromatic heterocycles. The summed E-state index contributed by atoms with van der Waals surface area (Å²) in [5, 5.41) is 12.9. The van der Waals surface area contributed by atoms with Crippen LogP contribution in [0.25, 0.3) is 0 Å². The SMILES string of the molecule is O=C(NCC(O)CN1CCOCC1)C1(c2cccc(F)c2)CC1. The summed E-state index contributed by atoms with van der Waals surface area (Å²) < 4.78 is 18.6. The average molecular weight is 322 g/mol. The van der Waals surface area contributed by atoms with Crippen molar-refractivity contribution >= 4 is 5.91 Å². The highest BCUT2D eigenvalue weighted by Crippen LogP contribution is 2.48. The van der Waals surface area contributed by atoms with Crippen LogP contribution in [0.2, 0.25) is 0 Å². The van der Waals surface area contributed by atoms with Crippen molar-refractivity contribution in [3.05, 3.63) is 35.6 Å². The Morgan fingerprint density at radius 1 is 1.39 bits per heavy atom.